The quantitative estimate of drug-likeness (QED) is 0.539. The van der Waals surface area contributed by atoms with E-state index in [-0.39, 0.29) is 19.0 Å². The van der Waals surface area contributed by atoms with Crippen LogP contribution in [0.25, 0.3) is 11.2 Å². The molecule has 14 nitrogen and oxygen atoms in total. The van der Waals surface area contributed by atoms with Gasteiger partial charge in [-0.05, 0) is 13.2 Å². The molecule has 4 heterocycles. The zero-order chi connectivity index (χ0) is 24.5. The molecule has 0 saturated carbocycles. The summed E-state index contributed by atoms with van der Waals surface area (Å²) in [5, 5.41) is 11.1. The molecule has 2 aliphatic rings. The first-order valence-electron chi connectivity index (χ1n) is 10.2. The molecule has 0 amide bonds. The average Bonchev–Trinajstić information content (AvgIpc) is 3.39. The van der Waals surface area contributed by atoms with Gasteiger partial charge in [0.15, 0.2) is 17.7 Å². The summed E-state index contributed by atoms with van der Waals surface area (Å²) in [6, 6.07) is 0. The number of imidazole rings is 1. The summed E-state index contributed by atoms with van der Waals surface area (Å²) in [6.07, 6.45) is -0.550. The second kappa shape index (κ2) is 11.0. The highest BCUT2D eigenvalue weighted by Gasteiger charge is 2.49. The van der Waals surface area contributed by atoms with Gasteiger partial charge >= 0.3 is 7.82 Å². The maximum absolute atomic E-state index is 13.0. The highest BCUT2D eigenvalue weighted by molar-refractivity contribution is 8.52. The largest absolute Gasteiger partial charge is 0.474 e. The topological polar surface area (TPSA) is 172 Å². The number of aromatic nitrogens is 4. The third kappa shape index (κ3) is 5.25. The number of phosphoric acid groups is 1. The molecule has 0 aromatic carbocycles. The van der Waals surface area contributed by atoms with E-state index in [4.69, 9.17) is 37.8 Å². The lowest BCUT2D eigenvalue weighted by Crippen LogP contribution is -2.35. The van der Waals surface area contributed by atoms with E-state index in [9.17, 15) is 9.67 Å². The van der Waals surface area contributed by atoms with Crippen LogP contribution >= 0.6 is 26.8 Å². The van der Waals surface area contributed by atoms with Gasteiger partial charge in [-0.2, -0.15) is 0 Å². The van der Waals surface area contributed by atoms with Crippen molar-refractivity contribution in [2.24, 2.45) is 0 Å². The van der Waals surface area contributed by atoms with Crippen LogP contribution in [0.2, 0.25) is 0 Å². The molecule has 2 aliphatic heterocycles. The SMILES string of the molecule is COC1COP(SC)OC2C(O)C(COP(=O)(OC)O[C@@H]1C)OC2n1cnc2c(N)ncnc21. The number of phosphoric ester groups is 1. The van der Waals surface area contributed by atoms with Gasteiger partial charge in [0.05, 0.1) is 25.6 Å². The summed E-state index contributed by atoms with van der Waals surface area (Å²) in [6.45, 7) is 1.44. The molecule has 34 heavy (non-hydrogen) atoms. The number of nitrogens with zero attached hydrogens (tertiary/aromatic N) is 4. The Hall–Kier alpha value is -0.960. The Balaban J connectivity index is 1.68. The summed E-state index contributed by atoms with van der Waals surface area (Å²) in [5.41, 5.74) is 6.69. The number of hydrogen-bond acceptors (Lipinski definition) is 14. The minimum absolute atomic E-state index is 0.0729. The van der Waals surface area contributed by atoms with Crippen LogP contribution < -0.4 is 5.73 Å². The van der Waals surface area contributed by atoms with Crippen molar-refractivity contribution in [2.45, 2.75) is 43.7 Å². The molecule has 7 unspecified atom stereocenters. The molecular formula is C17H27N5O9P2S. The minimum atomic E-state index is -4.00. The van der Waals surface area contributed by atoms with Gasteiger partial charge in [0.25, 0.3) is 0 Å². The monoisotopic (exact) mass is 539 g/mol. The van der Waals surface area contributed by atoms with Crippen LogP contribution in [-0.2, 0) is 36.7 Å². The first-order chi connectivity index (χ1) is 16.3. The van der Waals surface area contributed by atoms with Crippen molar-refractivity contribution in [3.63, 3.8) is 0 Å². The Morgan fingerprint density at radius 1 is 1.32 bits per heavy atom. The molecule has 2 aromatic rings. The van der Waals surface area contributed by atoms with Crippen molar-refractivity contribution in [1.82, 2.24) is 19.5 Å². The minimum Gasteiger partial charge on any atom is -0.387 e. The molecule has 2 aromatic heterocycles. The summed E-state index contributed by atoms with van der Waals surface area (Å²) >= 11 is 1.34. The third-order valence-corrected chi connectivity index (χ3v) is 9.46. The predicted molar refractivity (Wildman–Crippen MR) is 123 cm³/mol. The molecular weight excluding hydrogens is 512 g/mol. The summed E-state index contributed by atoms with van der Waals surface area (Å²) in [5.74, 6) is 0.203. The molecule has 8 atom stereocenters. The van der Waals surface area contributed by atoms with E-state index >= 15 is 0 Å². The van der Waals surface area contributed by atoms with Crippen molar-refractivity contribution < 1.29 is 41.8 Å². The number of fused-ring (bicyclic) bond motifs is 3. The number of aliphatic hydroxyl groups excluding tert-OH is 1. The van der Waals surface area contributed by atoms with E-state index in [0.29, 0.717) is 11.2 Å². The Bertz CT molecular complexity index is 1030. The summed E-state index contributed by atoms with van der Waals surface area (Å²) in [4.78, 5) is 12.5. The molecule has 4 rings (SSSR count). The molecule has 3 N–H and O–H groups in total. The average molecular weight is 539 g/mol. The lowest BCUT2D eigenvalue weighted by atomic mass is 10.1. The normalized spacial score (nSPS) is 37.7. The highest BCUT2D eigenvalue weighted by Crippen LogP contribution is 2.56. The van der Waals surface area contributed by atoms with Crippen molar-refractivity contribution in [3.8, 4) is 0 Å². The van der Waals surface area contributed by atoms with Crippen LogP contribution in [0.3, 0.4) is 0 Å². The lowest BCUT2D eigenvalue weighted by molar-refractivity contribution is -0.0627. The molecule has 2 bridgehead atoms. The number of ether oxygens (including phenoxy) is 2. The smallest absolute Gasteiger partial charge is 0.387 e. The van der Waals surface area contributed by atoms with Gasteiger partial charge in [-0.3, -0.25) is 18.1 Å². The number of anilines is 1. The molecule has 0 radical (unpaired) electrons. The standard InChI is InChI=1S/C17H27N5O9P2S/c1-9-10(25-2)5-27-32(34-4)30-14-13(23)11(6-28-33(24,26-3)31-9)29-17(14)22-8-21-12-15(18)19-7-20-16(12)22/h7-11,13-14,17,23H,5-6H2,1-4H3,(H2,18,19,20)/t9-,10?,11?,13?,14?,17?,32?,33?/m1/s1. The number of hydrogen-bond donors (Lipinski definition) is 2. The summed E-state index contributed by atoms with van der Waals surface area (Å²) in [7, 11) is -2.84. The van der Waals surface area contributed by atoms with Crippen molar-refractivity contribution in [3.05, 3.63) is 12.7 Å². The van der Waals surface area contributed by atoms with Crippen molar-refractivity contribution in [1.29, 1.82) is 0 Å². The fourth-order valence-corrected chi connectivity index (χ4v) is 6.70. The first-order valence-corrected chi connectivity index (χ1v) is 14.7. The number of nitrogens with two attached hydrogens (primary N) is 1. The Kier molecular flexibility index (Phi) is 8.43. The van der Waals surface area contributed by atoms with E-state index in [1.165, 1.54) is 38.3 Å². The zero-order valence-corrected chi connectivity index (χ0v) is 21.5. The molecule has 0 aliphatic carbocycles. The molecule has 190 valence electrons. The summed E-state index contributed by atoms with van der Waals surface area (Å²) < 4.78 is 54.4. The van der Waals surface area contributed by atoms with E-state index in [2.05, 4.69) is 15.0 Å². The number of nitrogen functional groups attached to an aromatic ring is 1. The Morgan fingerprint density at radius 3 is 2.82 bits per heavy atom. The highest BCUT2D eigenvalue weighted by atomic mass is 32.7. The fraction of sp³-hybridized carbons (Fsp3) is 0.706. The maximum atomic E-state index is 13.0. The van der Waals surface area contributed by atoms with Crippen LogP contribution in [-0.4, -0.2) is 88.8 Å². The lowest BCUT2D eigenvalue weighted by Gasteiger charge is -2.28. The Morgan fingerprint density at radius 2 is 2.12 bits per heavy atom. The number of methoxy groups -OCH3 is 1. The second-order valence-corrected chi connectivity index (χ2v) is 12.4. The van der Waals surface area contributed by atoms with Gasteiger partial charge < -0.3 is 29.4 Å². The molecule has 0 spiro atoms. The predicted octanol–water partition coefficient (Wildman–Crippen LogP) is 1.86. The van der Waals surface area contributed by atoms with Gasteiger partial charge in [0.1, 0.15) is 36.3 Å². The Labute approximate surface area is 201 Å². The second-order valence-electron chi connectivity index (χ2n) is 7.42. The fourth-order valence-electron chi connectivity index (χ4n) is 3.57. The van der Waals surface area contributed by atoms with E-state index in [1.54, 1.807) is 11.5 Å². The molecule has 2 fully saturated rings. The molecule has 17 heteroatoms. The van der Waals surface area contributed by atoms with Crippen LogP contribution in [0.4, 0.5) is 5.82 Å². The third-order valence-electron chi connectivity index (χ3n) is 5.42. The van der Waals surface area contributed by atoms with Crippen LogP contribution in [0.5, 0.6) is 0 Å². The van der Waals surface area contributed by atoms with Crippen molar-refractivity contribution >= 4 is 43.8 Å². The van der Waals surface area contributed by atoms with E-state index < -0.39 is 52.1 Å². The van der Waals surface area contributed by atoms with Gasteiger partial charge in [0, 0.05) is 14.2 Å². The molecule has 2 saturated heterocycles. The van der Waals surface area contributed by atoms with Crippen LogP contribution in [0, 0.1) is 0 Å². The van der Waals surface area contributed by atoms with E-state index in [0.717, 1.165) is 0 Å². The number of rotatable bonds is 4. The van der Waals surface area contributed by atoms with Gasteiger partial charge in [-0.1, -0.05) is 11.4 Å². The van der Waals surface area contributed by atoms with Crippen LogP contribution in [0.15, 0.2) is 12.7 Å². The first kappa shape index (κ1) is 26.1. The maximum Gasteiger partial charge on any atom is 0.474 e. The van der Waals surface area contributed by atoms with E-state index in [1.807, 2.05) is 6.26 Å². The zero-order valence-electron chi connectivity index (χ0n) is 18.9. The van der Waals surface area contributed by atoms with Crippen LogP contribution in [0.1, 0.15) is 13.2 Å². The van der Waals surface area contributed by atoms with Gasteiger partial charge in [0.2, 0.25) is 7.58 Å². The van der Waals surface area contributed by atoms with Gasteiger partial charge in [-0.15, -0.1) is 0 Å². The van der Waals surface area contributed by atoms with Crippen molar-refractivity contribution in [2.75, 3.05) is 39.4 Å². The number of aliphatic hydroxyl groups is 1. The van der Waals surface area contributed by atoms with Gasteiger partial charge in [-0.25, -0.2) is 19.5 Å².